The summed E-state index contributed by atoms with van der Waals surface area (Å²) < 4.78 is 0. The van der Waals surface area contributed by atoms with E-state index in [0.29, 0.717) is 0 Å². The molecule has 0 fully saturated rings. The zero-order chi connectivity index (χ0) is 9.94. The standard InChI is InChI=1S/C10H24N2S/c1-12(9-10-13-2)8-6-4-3-5-7-11/h3-11H2,1-2H3. The molecule has 0 unspecified atom stereocenters. The highest BCUT2D eigenvalue weighted by atomic mass is 32.2. The highest BCUT2D eigenvalue weighted by Crippen LogP contribution is 2.00. The lowest BCUT2D eigenvalue weighted by molar-refractivity contribution is 0.344. The number of hydrogen-bond acceptors (Lipinski definition) is 3. The molecule has 0 heterocycles. The molecule has 0 aliphatic carbocycles. The second-order valence-corrected chi connectivity index (χ2v) is 4.48. The minimum atomic E-state index is 0.850. The van der Waals surface area contributed by atoms with E-state index in [4.69, 9.17) is 5.73 Å². The van der Waals surface area contributed by atoms with Crippen LogP contribution in [0.25, 0.3) is 0 Å². The van der Waals surface area contributed by atoms with Crippen LogP contribution in [0.2, 0.25) is 0 Å². The number of nitrogens with two attached hydrogens (primary N) is 1. The Bertz CT molecular complexity index is 98.9. The van der Waals surface area contributed by atoms with Crippen molar-refractivity contribution in [3.05, 3.63) is 0 Å². The van der Waals surface area contributed by atoms with Crippen molar-refractivity contribution in [2.45, 2.75) is 25.7 Å². The van der Waals surface area contributed by atoms with Crippen LogP contribution in [0.15, 0.2) is 0 Å². The average Bonchev–Trinajstić information content (AvgIpc) is 2.14. The largest absolute Gasteiger partial charge is 0.330 e. The van der Waals surface area contributed by atoms with E-state index in [9.17, 15) is 0 Å². The predicted octanol–water partition coefficient (Wildman–Crippen LogP) is 1.80. The van der Waals surface area contributed by atoms with Crippen molar-refractivity contribution >= 4 is 11.8 Å². The SMILES string of the molecule is CSCCN(C)CCCCCCN. The monoisotopic (exact) mass is 204 g/mol. The zero-order valence-electron chi connectivity index (χ0n) is 9.09. The van der Waals surface area contributed by atoms with Crippen molar-refractivity contribution < 1.29 is 0 Å². The average molecular weight is 204 g/mol. The minimum Gasteiger partial charge on any atom is -0.330 e. The Morgan fingerprint density at radius 3 is 2.38 bits per heavy atom. The van der Waals surface area contributed by atoms with E-state index >= 15 is 0 Å². The van der Waals surface area contributed by atoms with Crippen LogP contribution < -0.4 is 5.73 Å². The Morgan fingerprint density at radius 1 is 1.08 bits per heavy atom. The van der Waals surface area contributed by atoms with Gasteiger partial charge in [0.1, 0.15) is 0 Å². The molecule has 3 heteroatoms. The first-order valence-corrected chi connectivity index (χ1v) is 6.58. The first-order chi connectivity index (χ1) is 6.31. The minimum absolute atomic E-state index is 0.850. The van der Waals surface area contributed by atoms with Crippen LogP contribution in [-0.2, 0) is 0 Å². The van der Waals surface area contributed by atoms with Gasteiger partial charge in [-0.2, -0.15) is 11.8 Å². The maximum atomic E-state index is 5.42. The third-order valence-electron chi connectivity index (χ3n) is 2.17. The van der Waals surface area contributed by atoms with Gasteiger partial charge in [0, 0.05) is 12.3 Å². The number of rotatable bonds is 9. The summed E-state index contributed by atoms with van der Waals surface area (Å²) in [6.45, 7) is 3.31. The van der Waals surface area contributed by atoms with Crippen molar-refractivity contribution in [3.8, 4) is 0 Å². The van der Waals surface area contributed by atoms with Gasteiger partial charge in [-0.1, -0.05) is 12.8 Å². The number of nitrogens with zero attached hydrogens (tertiary/aromatic N) is 1. The number of hydrogen-bond donors (Lipinski definition) is 1. The summed E-state index contributed by atoms with van der Waals surface area (Å²) in [5.41, 5.74) is 5.42. The lowest BCUT2D eigenvalue weighted by Crippen LogP contribution is -2.22. The van der Waals surface area contributed by atoms with Crippen LogP contribution in [0.4, 0.5) is 0 Å². The van der Waals surface area contributed by atoms with Crippen molar-refractivity contribution in [2.24, 2.45) is 5.73 Å². The summed E-state index contributed by atoms with van der Waals surface area (Å²) in [5.74, 6) is 1.25. The highest BCUT2D eigenvalue weighted by molar-refractivity contribution is 7.98. The van der Waals surface area contributed by atoms with E-state index in [1.165, 1.54) is 44.5 Å². The second-order valence-electron chi connectivity index (χ2n) is 3.50. The topological polar surface area (TPSA) is 29.3 Å². The molecule has 80 valence electrons. The molecular formula is C10H24N2S. The molecule has 13 heavy (non-hydrogen) atoms. The first-order valence-electron chi connectivity index (χ1n) is 5.18. The van der Waals surface area contributed by atoms with E-state index in [0.717, 1.165) is 6.54 Å². The number of thioether (sulfide) groups is 1. The molecule has 2 nitrogen and oxygen atoms in total. The normalized spacial score (nSPS) is 11.1. The molecule has 0 aliphatic rings. The van der Waals surface area contributed by atoms with Gasteiger partial charge in [-0.05, 0) is 39.2 Å². The van der Waals surface area contributed by atoms with Crippen LogP contribution >= 0.6 is 11.8 Å². The highest BCUT2D eigenvalue weighted by Gasteiger charge is 1.96. The van der Waals surface area contributed by atoms with Gasteiger partial charge in [0.25, 0.3) is 0 Å². The van der Waals surface area contributed by atoms with Gasteiger partial charge in [0.15, 0.2) is 0 Å². The van der Waals surface area contributed by atoms with Gasteiger partial charge in [-0.15, -0.1) is 0 Å². The van der Waals surface area contributed by atoms with Crippen molar-refractivity contribution in [2.75, 3.05) is 38.7 Å². The molecule has 0 atom stereocenters. The summed E-state index contributed by atoms with van der Waals surface area (Å²) in [6.07, 6.45) is 7.31. The molecule has 0 saturated heterocycles. The van der Waals surface area contributed by atoms with Gasteiger partial charge >= 0.3 is 0 Å². The third-order valence-corrected chi connectivity index (χ3v) is 2.76. The molecule has 0 bridgehead atoms. The lowest BCUT2D eigenvalue weighted by atomic mass is 10.2. The van der Waals surface area contributed by atoms with E-state index < -0.39 is 0 Å². The van der Waals surface area contributed by atoms with Crippen LogP contribution in [0.5, 0.6) is 0 Å². The molecule has 0 aromatic carbocycles. The lowest BCUT2D eigenvalue weighted by Gasteiger charge is -2.15. The van der Waals surface area contributed by atoms with E-state index in [1.54, 1.807) is 0 Å². The van der Waals surface area contributed by atoms with Gasteiger partial charge in [0.2, 0.25) is 0 Å². The van der Waals surface area contributed by atoms with Crippen LogP contribution in [-0.4, -0.2) is 43.6 Å². The summed E-state index contributed by atoms with van der Waals surface area (Å²) >= 11 is 1.92. The Hall–Kier alpha value is 0.270. The Labute approximate surface area is 87.2 Å². The van der Waals surface area contributed by atoms with Gasteiger partial charge in [0.05, 0.1) is 0 Å². The molecule has 0 amide bonds. The fourth-order valence-corrected chi connectivity index (χ4v) is 1.73. The second kappa shape index (κ2) is 10.4. The Morgan fingerprint density at radius 2 is 1.77 bits per heavy atom. The summed E-state index contributed by atoms with van der Waals surface area (Å²) in [6, 6.07) is 0. The molecule has 0 aromatic heterocycles. The Balaban J connectivity index is 3.03. The van der Waals surface area contributed by atoms with Gasteiger partial charge < -0.3 is 10.6 Å². The molecular weight excluding hydrogens is 180 g/mol. The first kappa shape index (κ1) is 13.3. The van der Waals surface area contributed by atoms with E-state index in [2.05, 4.69) is 18.2 Å². The smallest absolute Gasteiger partial charge is 0.00692 e. The van der Waals surface area contributed by atoms with Crippen LogP contribution in [0.3, 0.4) is 0 Å². The van der Waals surface area contributed by atoms with Crippen molar-refractivity contribution in [1.29, 1.82) is 0 Å². The summed E-state index contributed by atoms with van der Waals surface area (Å²) in [7, 11) is 2.21. The predicted molar refractivity (Wildman–Crippen MR) is 63.4 cm³/mol. The van der Waals surface area contributed by atoms with Crippen LogP contribution in [0, 0.1) is 0 Å². The molecule has 0 radical (unpaired) electrons. The third kappa shape index (κ3) is 10.2. The molecule has 0 aliphatic heterocycles. The summed E-state index contributed by atoms with van der Waals surface area (Å²) in [4.78, 5) is 2.42. The van der Waals surface area contributed by atoms with Crippen molar-refractivity contribution in [3.63, 3.8) is 0 Å². The van der Waals surface area contributed by atoms with Crippen LogP contribution in [0.1, 0.15) is 25.7 Å². The summed E-state index contributed by atoms with van der Waals surface area (Å²) in [5, 5.41) is 0. The van der Waals surface area contributed by atoms with Gasteiger partial charge in [-0.25, -0.2) is 0 Å². The van der Waals surface area contributed by atoms with E-state index in [1.807, 2.05) is 11.8 Å². The maximum absolute atomic E-state index is 5.42. The Kier molecular flexibility index (Phi) is 10.6. The molecule has 0 saturated carbocycles. The quantitative estimate of drug-likeness (QED) is 0.581. The maximum Gasteiger partial charge on any atom is 0.00692 e. The molecule has 0 aromatic rings. The molecule has 0 spiro atoms. The van der Waals surface area contributed by atoms with E-state index in [-0.39, 0.29) is 0 Å². The fourth-order valence-electron chi connectivity index (χ4n) is 1.24. The molecule has 0 rings (SSSR count). The number of unbranched alkanes of at least 4 members (excludes halogenated alkanes) is 3. The van der Waals surface area contributed by atoms with Gasteiger partial charge in [-0.3, -0.25) is 0 Å². The molecule has 2 N–H and O–H groups in total. The fraction of sp³-hybridized carbons (Fsp3) is 1.00. The van der Waals surface area contributed by atoms with Crippen molar-refractivity contribution in [1.82, 2.24) is 4.90 Å². The zero-order valence-corrected chi connectivity index (χ0v) is 9.91.